The van der Waals surface area contributed by atoms with Crippen molar-refractivity contribution in [2.75, 3.05) is 23.4 Å². The molecule has 1 heterocycles. The third-order valence-electron chi connectivity index (χ3n) is 7.86. The van der Waals surface area contributed by atoms with Crippen LogP contribution in [0, 0.1) is 5.82 Å². The van der Waals surface area contributed by atoms with Gasteiger partial charge in [-0.05, 0) is 55.2 Å². The van der Waals surface area contributed by atoms with E-state index in [1.54, 1.807) is 24.3 Å². The lowest BCUT2D eigenvalue weighted by molar-refractivity contribution is -0.140. The number of hydrogen-bond donors (Lipinski definition) is 1. The van der Waals surface area contributed by atoms with Gasteiger partial charge < -0.3 is 19.7 Å². The molecule has 43 heavy (non-hydrogen) atoms. The van der Waals surface area contributed by atoms with Gasteiger partial charge in [0.15, 0.2) is 11.5 Å². The van der Waals surface area contributed by atoms with E-state index in [2.05, 4.69) is 5.32 Å². The van der Waals surface area contributed by atoms with Gasteiger partial charge in [0, 0.05) is 25.1 Å². The highest BCUT2D eigenvalue weighted by Crippen LogP contribution is 2.36. The zero-order valence-electron chi connectivity index (χ0n) is 24.1. The number of fused-ring (bicyclic) bond motifs is 1. The summed E-state index contributed by atoms with van der Waals surface area (Å²) < 4.78 is 52.3. The van der Waals surface area contributed by atoms with Crippen LogP contribution in [0.3, 0.4) is 0 Å². The summed E-state index contributed by atoms with van der Waals surface area (Å²) in [6.07, 6.45) is 3.99. The number of carbonyl (C=O) groups excluding carboxylic acids is 2. The molecule has 228 valence electrons. The van der Waals surface area contributed by atoms with Crippen LogP contribution in [-0.2, 0) is 32.6 Å². The summed E-state index contributed by atoms with van der Waals surface area (Å²) in [4.78, 5) is 29.6. The number of rotatable bonds is 12. The molecule has 2 aliphatic rings. The maximum atomic E-state index is 14.3. The Hall–Kier alpha value is -4.12. The zero-order valence-corrected chi connectivity index (χ0v) is 24.9. The van der Waals surface area contributed by atoms with Gasteiger partial charge >= 0.3 is 0 Å². The van der Waals surface area contributed by atoms with E-state index in [0.29, 0.717) is 17.1 Å². The Balaban J connectivity index is 1.51. The van der Waals surface area contributed by atoms with Crippen molar-refractivity contribution in [1.82, 2.24) is 10.2 Å². The normalized spacial score (nSPS) is 15.2. The number of nitrogens with zero attached hydrogens (tertiary/aromatic N) is 2. The molecule has 3 aromatic rings. The van der Waals surface area contributed by atoms with E-state index in [-0.39, 0.29) is 43.1 Å². The SMILES string of the molecule is CCS(=O)(=O)N(CC(=O)N(Cc1ccc(F)cc1)C(Cc1ccccc1)C(=O)NC1CCCC1)c1ccc2c(c1)OCO2. The lowest BCUT2D eigenvalue weighted by Crippen LogP contribution is -2.54. The number of anilines is 1. The van der Waals surface area contributed by atoms with Crippen molar-refractivity contribution in [2.45, 2.75) is 57.7 Å². The Morgan fingerprint density at radius 2 is 1.65 bits per heavy atom. The molecule has 5 rings (SSSR count). The Morgan fingerprint density at radius 1 is 0.953 bits per heavy atom. The molecule has 1 aliphatic heterocycles. The van der Waals surface area contributed by atoms with Gasteiger partial charge in [0.1, 0.15) is 18.4 Å². The van der Waals surface area contributed by atoms with Crippen molar-refractivity contribution in [2.24, 2.45) is 0 Å². The first-order chi connectivity index (χ1) is 20.7. The molecule has 1 unspecified atom stereocenters. The molecule has 1 saturated carbocycles. The fraction of sp³-hybridized carbons (Fsp3) is 0.375. The van der Waals surface area contributed by atoms with Crippen molar-refractivity contribution in [3.05, 3.63) is 89.7 Å². The molecule has 11 heteroatoms. The molecule has 3 aromatic carbocycles. The number of carbonyl (C=O) groups is 2. The van der Waals surface area contributed by atoms with Crippen LogP contribution in [0.5, 0.6) is 11.5 Å². The quantitative estimate of drug-likeness (QED) is 0.326. The third-order valence-corrected chi connectivity index (χ3v) is 9.60. The molecule has 0 spiro atoms. The van der Waals surface area contributed by atoms with Gasteiger partial charge in [0.25, 0.3) is 0 Å². The standard InChI is InChI=1S/C32H36FN3O6S/c1-2-43(39,40)36(27-16-17-29-30(19-27)42-22-41-29)21-31(37)35(20-24-12-14-25(33)15-13-24)28(18-23-8-4-3-5-9-23)32(38)34-26-10-6-7-11-26/h3-5,8-9,12-17,19,26,28H,2,6-7,10-11,18,20-22H2,1H3,(H,34,38). The van der Waals surface area contributed by atoms with Gasteiger partial charge in [-0.1, -0.05) is 55.3 Å². The molecule has 0 saturated heterocycles. The summed E-state index contributed by atoms with van der Waals surface area (Å²) in [6.45, 7) is 0.957. The number of sulfonamides is 1. The van der Waals surface area contributed by atoms with Crippen molar-refractivity contribution in [1.29, 1.82) is 0 Å². The van der Waals surface area contributed by atoms with Crippen LogP contribution in [-0.4, -0.2) is 56.3 Å². The van der Waals surface area contributed by atoms with Crippen LogP contribution >= 0.6 is 0 Å². The minimum atomic E-state index is -3.92. The van der Waals surface area contributed by atoms with E-state index in [9.17, 15) is 22.4 Å². The van der Waals surface area contributed by atoms with Crippen molar-refractivity contribution in [3.63, 3.8) is 0 Å². The first-order valence-electron chi connectivity index (χ1n) is 14.5. The van der Waals surface area contributed by atoms with E-state index >= 15 is 0 Å². The van der Waals surface area contributed by atoms with Crippen molar-refractivity contribution >= 4 is 27.5 Å². The predicted molar refractivity (Wildman–Crippen MR) is 161 cm³/mol. The molecule has 0 bridgehead atoms. The number of nitrogens with one attached hydrogen (secondary N) is 1. The summed E-state index contributed by atoms with van der Waals surface area (Å²) in [6, 6.07) is 18.8. The average molecular weight is 610 g/mol. The number of halogens is 1. The summed E-state index contributed by atoms with van der Waals surface area (Å²) in [7, 11) is -3.92. The molecule has 1 N–H and O–H groups in total. The van der Waals surface area contributed by atoms with Gasteiger partial charge in [-0.15, -0.1) is 0 Å². The monoisotopic (exact) mass is 609 g/mol. The van der Waals surface area contributed by atoms with Crippen molar-refractivity contribution < 1.29 is 31.9 Å². The van der Waals surface area contributed by atoms with Gasteiger partial charge in [-0.25, -0.2) is 12.8 Å². The second-order valence-electron chi connectivity index (χ2n) is 10.8. The Bertz CT molecular complexity index is 1530. The highest BCUT2D eigenvalue weighted by molar-refractivity contribution is 7.92. The molecule has 0 radical (unpaired) electrons. The Labute approximate surface area is 251 Å². The average Bonchev–Trinajstić information content (AvgIpc) is 3.71. The Morgan fingerprint density at radius 3 is 2.35 bits per heavy atom. The smallest absolute Gasteiger partial charge is 0.244 e. The molecular weight excluding hydrogens is 573 g/mol. The minimum absolute atomic E-state index is 0.0131. The van der Waals surface area contributed by atoms with Gasteiger partial charge in [-0.2, -0.15) is 0 Å². The highest BCUT2D eigenvalue weighted by Gasteiger charge is 2.35. The number of benzene rings is 3. The van der Waals surface area contributed by atoms with Crippen LogP contribution in [0.15, 0.2) is 72.8 Å². The molecule has 1 atom stereocenters. The van der Waals surface area contributed by atoms with E-state index < -0.39 is 34.3 Å². The maximum absolute atomic E-state index is 14.3. The molecular formula is C32H36FN3O6S. The van der Waals surface area contributed by atoms with Crippen LogP contribution < -0.4 is 19.1 Å². The zero-order chi connectivity index (χ0) is 30.4. The molecule has 1 aliphatic carbocycles. The topological polar surface area (TPSA) is 105 Å². The van der Waals surface area contributed by atoms with E-state index in [4.69, 9.17) is 9.47 Å². The maximum Gasteiger partial charge on any atom is 0.244 e. The van der Waals surface area contributed by atoms with Crippen molar-refractivity contribution in [3.8, 4) is 11.5 Å². The van der Waals surface area contributed by atoms with E-state index in [0.717, 1.165) is 35.6 Å². The molecule has 2 amide bonds. The number of ether oxygens (including phenoxy) is 2. The van der Waals surface area contributed by atoms with Gasteiger partial charge in [0.05, 0.1) is 11.4 Å². The first-order valence-corrected chi connectivity index (χ1v) is 16.1. The van der Waals surface area contributed by atoms with E-state index in [1.807, 2.05) is 30.3 Å². The molecule has 9 nitrogen and oxygen atoms in total. The fourth-order valence-corrected chi connectivity index (χ4v) is 6.52. The lowest BCUT2D eigenvalue weighted by atomic mass is 10.0. The van der Waals surface area contributed by atoms with Crippen LogP contribution in [0.4, 0.5) is 10.1 Å². The third kappa shape index (κ3) is 7.45. The minimum Gasteiger partial charge on any atom is -0.454 e. The largest absolute Gasteiger partial charge is 0.454 e. The van der Waals surface area contributed by atoms with Gasteiger partial charge in [0.2, 0.25) is 28.6 Å². The Kier molecular flexibility index (Phi) is 9.49. The second-order valence-corrected chi connectivity index (χ2v) is 13.0. The highest BCUT2D eigenvalue weighted by atomic mass is 32.2. The van der Waals surface area contributed by atoms with Gasteiger partial charge in [-0.3, -0.25) is 13.9 Å². The van der Waals surface area contributed by atoms with Crippen LogP contribution in [0.25, 0.3) is 0 Å². The fourth-order valence-electron chi connectivity index (χ4n) is 5.47. The van der Waals surface area contributed by atoms with Crippen LogP contribution in [0.1, 0.15) is 43.7 Å². The van der Waals surface area contributed by atoms with E-state index in [1.165, 1.54) is 30.0 Å². The summed E-state index contributed by atoms with van der Waals surface area (Å²) >= 11 is 0. The van der Waals surface area contributed by atoms with Crippen LogP contribution in [0.2, 0.25) is 0 Å². The summed E-state index contributed by atoms with van der Waals surface area (Å²) in [5.41, 5.74) is 1.70. The number of amides is 2. The number of hydrogen-bond acceptors (Lipinski definition) is 6. The molecule has 0 aromatic heterocycles. The second kappa shape index (κ2) is 13.5. The molecule has 1 fully saturated rings. The lowest BCUT2D eigenvalue weighted by Gasteiger charge is -2.34. The first kappa shape index (κ1) is 30.3. The summed E-state index contributed by atoms with van der Waals surface area (Å²) in [5.74, 6) is -0.691. The summed E-state index contributed by atoms with van der Waals surface area (Å²) in [5, 5.41) is 3.13. The predicted octanol–water partition coefficient (Wildman–Crippen LogP) is 4.41.